The number of likely N-dealkylation sites (N-methyl/N-ethyl adjacent to an activating group) is 1. The standard InChI is InChI=1S/C10H9Cl2NO3/c1-13-9(14)5-16-10(15)7-3-2-6(11)4-8(7)12/h2-4H,5H2,1H3,(H,13,14). The van der Waals surface area contributed by atoms with Crippen LogP contribution in [0, 0.1) is 0 Å². The summed E-state index contributed by atoms with van der Waals surface area (Å²) in [6.45, 7) is -0.339. The van der Waals surface area contributed by atoms with Crippen LogP contribution in [0.15, 0.2) is 18.2 Å². The van der Waals surface area contributed by atoms with Gasteiger partial charge >= 0.3 is 5.97 Å². The Kier molecular flexibility index (Phi) is 4.58. The topological polar surface area (TPSA) is 55.4 Å². The Balaban J connectivity index is 2.70. The first-order valence-corrected chi connectivity index (χ1v) is 5.13. The summed E-state index contributed by atoms with van der Waals surface area (Å²) in [4.78, 5) is 22.3. The van der Waals surface area contributed by atoms with E-state index in [-0.39, 0.29) is 17.2 Å². The summed E-state index contributed by atoms with van der Waals surface area (Å²) in [5.41, 5.74) is 0.176. The lowest BCUT2D eigenvalue weighted by Gasteiger charge is -2.05. The average molecular weight is 262 g/mol. The lowest BCUT2D eigenvalue weighted by Crippen LogP contribution is -2.25. The SMILES string of the molecule is CNC(=O)COC(=O)c1ccc(Cl)cc1Cl. The monoisotopic (exact) mass is 261 g/mol. The molecule has 0 unspecified atom stereocenters. The lowest BCUT2D eigenvalue weighted by molar-refractivity contribution is -0.123. The van der Waals surface area contributed by atoms with Crippen LogP contribution in [0.4, 0.5) is 0 Å². The van der Waals surface area contributed by atoms with Crippen LogP contribution in [0.3, 0.4) is 0 Å². The van der Waals surface area contributed by atoms with Gasteiger partial charge in [0, 0.05) is 12.1 Å². The van der Waals surface area contributed by atoms with Crippen LogP contribution >= 0.6 is 23.2 Å². The Hall–Kier alpha value is -1.26. The van der Waals surface area contributed by atoms with Gasteiger partial charge in [-0.2, -0.15) is 0 Å². The molecule has 1 aromatic rings. The van der Waals surface area contributed by atoms with Crippen LogP contribution in [-0.2, 0) is 9.53 Å². The molecule has 16 heavy (non-hydrogen) atoms. The Morgan fingerprint density at radius 1 is 1.38 bits per heavy atom. The summed E-state index contributed by atoms with van der Waals surface area (Å²) in [6.07, 6.45) is 0. The molecule has 6 heteroatoms. The van der Waals surface area contributed by atoms with Gasteiger partial charge < -0.3 is 10.1 Å². The maximum atomic E-state index is 11.5. The van der Waals surface area contributed by atoms with Crippen LogP contribution in [0.1, 0.15) is 10.4 Å². The number of halogens is 2. The number of esters is 1. The number of benzene rings is 1. The zero-order valence-corrected chi connectivity index (χ0v) is 9.93. The van der Waals surface area contributed by atoms with E-state index in [4.69, 9.17) is 27.9 Å². The molecule has 4 nitrogen and oxygen atoms in total. The highest BCUT2D eigenvalue weighted by atomic mass is 35.5. The van der Waals surface area contributed by atoms with Gasteiger partial charge in [0.2, 0.25) is 0 Å². The van der Waals surface area contributed by atoms with Crippen molar-refractivity contribution in [2.45, 2.75) is 0 Å². The van der Waals surface area contributed by atoms with Crippen LogP contribution in [-0.4, -0.2) is 25.5 Å². The van der Waals surface area contributed by atoms with Crippen molar-refractivity contribution in [1.29, 1.82) is 0 Å². The zero-order valence-electron chi connectivity index (χ0n) is 8.42. The van der Waals surface area contributed by atoms with Gasteiger partial charge in [0.25, 0.3) is 5.91 Å². The van der Waals surface area contributed by atoms with Crippen molar-refractivity contribution in [3.05, 3.63) is 33.8 Å². The van der Waals surface area contributed by atoms with Gasteiger partial charge in [-0.15, -0.1) is 0 Å². The van der Waals surface area contributed by atoms with Gasteiger partial charge in [-0.3, -0.25) is 4.79 Å². The Morgan fingerprint density at radius 3 is 2.62 bits per heavy atom. The van der Waals surface area contributed by atoms with Crippen molar-refractivity contribution < 1.29 is 14.3 Å². The fraction of sp³-hybridized carbons (Fsp3) is 0.200. The van der Waals surface area contributed by atoms with Crippen molar-refractivity contribution in [2.75, 3.05) is 13.7 Å². The molecule has 1 aromatic carbocycles. The van der Waals surface area contributed by atoms with Gasteiger partial charge in [-0.25, -0.2) is 4.79 Å². The summed E-state index contributed by atoms with van der Waals surface area (Å²) in [6, 6.07) is 4.39. The number of nitrogens with one attached hydrogen (secondary N) is 1. The molecule has 0 aromatic heterocycles. The minimum atomic E-state index is -0.662. The highest BCUT2D eigenvalue weighted by molar-refractivity contribution is 6.36. The van der Waals surface area contributed by atoms with E-state index in [0.29, 0.717) is 5.02 Å². The highest BCUT2D eigenvalue weighted by Crippen LogP contribution is 2.21. The number of hydrogen-bond acceptors (Lipinski definition) is 3. The number of carbonyl (C=O) groups is 2. The van der Waals surface area contributed by atoms with E-state index in [1.165, 1.54) is 25.2 Å². The Morgan fingerprint density at radius 2 is 2.06 bits per heavy atom. The fourth-order valence-electron chi connectivity index (χ4n) is 0.936. The predicted octanol–water partition coefficient (Wildman–Crippen LogP) is 1.90. The number of amides is 1. The Labute approximate surface area is 102 Å². The minimum Gasteiger partial charge on any atom is -0.452 e. The second-order valence-electron chi connectivity index (χ2n) is 2.87. The van der Waals surface area contributed by atoms with Crippen molar-refractivity contribution >= 4 is 35.1 Å². The lowest BCUT2D eigenvalue weighted by atomic mass is 10.2. The molecule has 1 amide bonds. The van der Waals surface area contributed by atoms with E-state index in [2.05, 4.69) is 5.32 Å². The van der Waals surface area contributed by atoms with Gasteiger partial charge in [-0.1, -0.05) is 23.2 Å². The molecule has 0 saturated carbocycles. The van der Waals surface area contributed by atoms with Crippen LogP contribution < -0.4 is 5.32 Å². The fourth-order valence-corrected chi connectivity index (χ4v) is 1.42. The summed E-state index contributed by atoms with van der Waals surface area (Å²) >= 11 is 11.5. The van der Waals surface area contributed by atoms with Crippen molar-refractivity contribution in [1.82, 2.24) is 5.32 Å². The smallest absolute Gasteiger partial charge is 0.340 e. The maximum absolute atomic E-state index is 11.5. The molecule has 0 aliphatic rings. The first-order valence-electron chi connectivity index (χ1n) is 4.37. The third-order valence-electron chi connectivity index (χ3n) is 1.76. The molecular weight excluding hydrogens is 253 g/mol. The van der Waals surface area contributed by atoms with Gasteiger partial charge in [0.1, 0.15) is 0 Å². The molecule has 0 radical (unpaired) electrons. The first-order chi connectivity index (χ1) is 7.54. The second kappa shape index (κ2) is 5.72. The highest BCUT2D eigenvalue weighted by Gasteiger charge is 2.13. The Bertz CT molecular complexity index is 421. The summed E-state index contributed by atoms with van der Waals surface area (Å²) in [5, 5.41) is 2.94. The van der Waals surface area contributed by atoms with Crippen molar-refractivity contribution in [3.63, 3.8) is 0 Å². The molecular formula is C10H9Cl2NO3. The molecule has 0 bridgehead atoms. The van der Waals surface area contributed by atoms with E-state index < -0.39 is 11.9 Å². The van der Waals surface area contributed by atoms with Gasteiger partial charge in [0.15, 0.2) is 6.61 Å². The third kappa shape index (κ3) is 3.40. The van der Waals surface area contributed by atoms with Crippen molar-refractivity contribution in [3.8, 4) is 0 Å². The molecule has 0 spiro atoms. The molecule has 0 fully saturated rings. The van der Waals surface area contributed by atoms with Crippen LogP contribution in [0.2, 0.25) is 10.0 Å². The van der Waals surface area contributed by atoms with Gasteiger partial charge in [0.05, 0.1) is 10.6 Å². The minimum absolute atomic E-state index is 0.176. The van der Waals surface area contributed by atoms with E-state index >= 15 is 0 Å². The quantitative estimate of drug-likeness (QED) is 0.846. The second-order valence-corrected chi connectivity index (χ2v) is 3.72. The molecule has 0 saturated heterocycles. The molecule has 1 N–H and O–H groups in total. The first kappa shape index (κ1) is 12.8. The largest absolute Gasteiger partial charge is 0.452 e. The molecule has 0 heterocycles. The van der Waals surface area contributed by atoms with E-state index in [9.17, 15) is 9.59 Å². The molecule has 1 rings (SSSR count). The van der Waals surface area contributed by atoms with E-state index in [1.807, 2.05) is 0 Å². The molecule has 0 aliphatic heterocycles. The predicted molar refractivity (Wildman–Crippen MR) is 60.8 cm³/mol. The van der Waals surface area contributed by atoms with Crippen LogP contribution in [0.25, 0.3) is 0 Å². The summed E-state index contributed by atoms with van der Waals surface area (Å²) in [5.74, 6) is -1.05. The number of ether oxygens (including phenoxy) is 1. The molecule has 86 valence electrons. The number of carbonyl (C=O) groups excluding carboxylic acids is 2. The summed E-state index contributed by atoms with van der Waals surface area (Å²) in [7, 11) is 1.45. The average Bonchev–Trinajstić information content (AvgIpc) is 2.25. The number of hydrogen-bond donors (Lipinski definition) is 1. The van der Waals surface area contributed by atoms with Gasteiger partial charge in [-0.05, 0) is 18.2 Å². The summed E-state index contributed by atoms with van der Waals surface area (Å²) < 4.78 is 4.72. The maximum Gasteiger partial charge on any atom is 0.340 e. The third-order valence-corrected chi connectivity index (χ3v) is 2.31. The number of rotatable bonds is 3. The van der Waals surface area contributed by atoms with E-state index in [1.54, 1.807) is 0 Å². The van der Waals surface area contributed by atoms with Crippen molar-refractivity contribution in [2.24, 2.45) is 0 Å². The zero-order chi connectivity index (χ0) is 12.1. The molecule has 0 aliphatic carbocycles. The van der Waals surface area contributed by atoms with E-state index in [0.717, 1.165) is 0 Å². The van der Waals surface area contributed by atoms with Crippen LogP contribution in [0.5, 0.6) is 0 Å². The molecule has 0 atom stereocenters. The normalized spacial score (nSPS) is 9.69.